The first kappa shape index (κ1) is 15.9. The van der Waals surface area contributed by atoms with Gasteiger partial charge in [-0.3, -0.25) is 0 Å². The Morgan fingerprint density at radius 3 is 1.47 bits per heavy atom. The molecule has 1 rings (SSSR count). The maximum atomic E-state index is 11.3. The molecule has 0 aliphatic heterocycles. The molecule has 0 aromatic heterocycles. The summed E-state index contributed by atoms with van der Waals surface area (Å²) < 4.78 is 0. The van der Waals surface area contributed by atoms with Crippen LogP contribution in [0.4, 0.5) is 0 Å². The lowest BCUT2D eigenvalue weighted by molar-refractivity contribution is -0.108. The minimum Gasteiger partial charge on any atom is -0.303 e. The van der Waals surface area contributed by atoms with Crippen LogP contribution in [0.25, 0.3) is 0 Å². The third-order valence-electron chi connectivity index (χ3n) is 3.84. The van der Waals surface area contributed by atoms with E-state index in [4.69, 9.17) is 0 Å². The first-order valence-electron chi connectivity index (χ1n) is 7.42. The minimum atomic E-state index is -0.0176. The number of aldehydes is 1. The number of carbonyl (C=O) groups excluding carboxylic acids is 1. The highest BCUT2D eigenvalue weighted by Gasteiger charge is 2.20. The molecule has 0 fully saturated rings. The Morgan fingerprint density at radius 1 is 0.789 bits per heavy atom. The fourth-order valence-electron chi connectivity index (χ4n) is 2.61. The Bertz CT molecular complexity index is 412. The van der Waals surface area contributed by atoms with E-state index in [2.05, 4.69) is 53.7 Å². The summed E-state index contributed by atoms with van der Waals surface area (Å²) in [5, 5.41) is 0. The van der Waals surface area contributed by atoms with E-state index in [9.17, 15) is 4.79 Å². The van der Waals surface area contributed by atoms with Crippen LogP contribution >= 0.6 is 0 Å². The maximum Gasteiger partial charge on any atom is 0.127 e. The molecule has 1 aromatic carbocycles. The summed E-state index contributed by atoms with van der Waals surface area (Å²) in [5.41, 5.74) is 5.32. The fourth-order valence-corrected chi connectivity index (χ4v) is 2.61. The van der Waals surface area contributed by atoms with Gasteiger partial charge in [0.1, 0.15) is 6.29 Å². The van der Waals surface area contributed by atoms with E-state index in [1.165, 1.54) is 22.3 Å². The number of rotatable bonds is 5. The van der Waals surface area contributed by atoms with Gasteiger partial charge in [0.25, 0.3) is 0 Å². The zero-order valence-corrected chi connectivity index (χ0v) is 13.4. The molecule has 0 amide bonds. The molecule has 1 aromatic rings. The maximum absolute atomic E-state index is 11.3. The minimum absolute atomic E-state index is 0.0176. The molecular weight excluding hydrogens is 232 g/mol. The second-order valence-electron chi connectivity index (χ2n) is 6.50. The second-order valence-corrected chi connectivity index (χ2v) is 6.50. The second kappa shape index (κ2) is 6.36. The summed E-state index contributed by atoms with van der Waals surface area (Å²) in [5.74, 6) is 1.41. The highest BCUT2D eigenvalue weighted by Crippen LogP contribution is 2.35. The molecule has 1 unspecified atom stereocenters. The smallest absolute Gasteiger partial charge is 0.127 e. The number of carbonyl (C=O) groups is 1. The average Bonchev–Trinajstić information content (AvgIpc) is 2.35. The van der Waals surface area contributed by atoms with Gasteiger partial charge < -0.3 is 4.79 Å². The molecule has 0 aliphatic carbocycles. The van der Waals surface area contributed by atoms with Gasteiger partial charge in [-0.05, 0) is 40.0 Å². The fraction of sp³-hybridized carbons (Fsp3) is 0.611. The van der Waals surface area contributed by atoms with Crippen molar-refractivity contribution in [3.05, 3.63) is 34.4 Å². The predicted octanol–water partition coefficient (Wildman–Crippen LogP) is 5.36. The Kier molecular flexibility index (Phi) is 5.34. The van der Waals surface area contributed by atoms with Crippen molar-refractivity contribution in [2.45, 2.75) is 72.1 Å². The first-order chi connectivity index (χ1) is 8.79. The van der Waals surface area contributed by atoms with Gasteiger partial charge in [0.05, 0.1) is 0 Å². The molecular formula is C18H28O. The summed E-state index contributed by atoms with van der Waals surface area (Å²) in [6, 6.07) is 4.60. The van der Waals surface area contributed by atoms with Crippen molar-refractivity contribution in [3.8, 4) is 0 Å². The largest absolute Gasteiger partial charge is 0.303 e. The van der Waals surface area contributed by atoms with Crippen molar-refractivity contribution < 1.29 is 4.79 Å². The topological polar surface area (TPSA) is 17.1 Å². The molecule has 1 heteroatoms. The summed E-state index contributed by atoms with van der Waals surface area (Å²) in [4.78, 5) is 11.3. The molecule has 1 nitrogen and oxygen atoms in total. The Balaban J connectivity index is 3.60. The zero-order valence-electron chi connectivity index (χ0n) is 13.4. The van der Waals surface area contributed by atoms with Gasteiger partial charge in [0.2, 0.25) is 0 Å². The Labute approximate surface area is 118 Å². The molecule has 19 heavy (non-hydrogen) atoms. The van der Waals surface area contributed by atoms with Crippen molar-refractivity contribution in [1.82, 2.24) is 0 Å². The van der Waals surface area contributed by atoms with Crippen LogP contribution in [-0.4, -0.2) is 6.29 Å². The van der Waals surface area contributed by atoms with Gasteiger partial charge in [-0.1, -0.05) is 60.6 Å². The van der Waals surface area contributed by atoms with Gasteiger partial charge in [0.15, 0.2) is 0 Å². The summed E-state index contributed by atoms with van der Waals surface area (Å²) in [7, 11) is 0. The highest BCUT2D eigenvalue weighted by atomic mass is 16.1. The van der Waals surface area contributed by atoms with E-state index in [0.29, 0.717) is 17.8 Å². The van der Waals surface area contributed by atoms with Crippen LogP contribution in [0.15, 0.2) is 12.1 Å². The first-order valence-corrected chi connectivity index (χ1v) is 7.42. The van der Waals surface area contributed by atoms with Crippen LogP contribution in [0.5, 0.6) is 0 Å². The van der Waals surface area contributed by atoms with Crippen LogP contribution < -0.4 is 0 Å². The van der Waals surface area contributed by atoms with Crippen LogP contribution in [0, 0.1) is 0 Å². The third-order valence-corrected chi connectivity index (χ3v) is 3.84. The van der Waals surface area contributed by atoms with E-state index in [1.807, 2.05) is 6.92 Å². The van der Waals surface area contributed by atoms with Crippen molar-refractivity contribution >= 4 is 6.29 Å². The molecule has 0 bridgehead atoms. The van der Waals surface area contributed by atoms with Crippen LogP contribution in [0.3, 0.4) is 0 Å². The standard InChI is InChI=1S/C18H28O/c1-11(2)15-8-16(12(3)4)18(14(7)10-19)17(9-15)13(5)6/h8-14H,1-7H3. The van der Waals surface area contributed by atoms with Crippen LogP contribution in [0.2, 0.25) is 0 Å². The molecule has 1 atom stereocenters. The molecule has 0 aliphatic rings. The number of hydrogen-bond acceptors (Lipinski definition) is 1. The van der Waals surface area contributed by atoms with Crippen LogP contribution in [0.1, 0.15) is 94.4 Å². The summed E-state index contributed by atoms with van der Waals surface area (Å²) in [6.45, 7) is 15.3. The summed E-state index contributed by atoms with van der Waals surface area (Å²) in [6.07, 6.45) is 1.07. The molecule has 0 heterocycles. The van der Waals surface area contributed by atoms with Crippen molar-refractivity contribution in [1.29, 1.82) is 0 Å². The Morgan fingerprint density at radius 2 is 1.21 bits per heavy atom. The molecule has 0 N–H and O–H groups in total. The molecule has 0 spiro atoms. The molecule has 106 valence electrons. The van der Waals surface area contributed by atoms with Gasteiger partial charge in [-0.25, -0.2) is 0 Å². The van der Waals surface area contributed by atoms with Crippen molar-refractivity contribution in [3.63, 3.8) is 0 Å². The van der Waals surface area contributed by atoms with E-state index in [1.54, 1.807) is 0 Å². The third kappa shape index (κ3) is 3.46. The number of benzene rings is 1. The lowest BCUT2D eigenvalue weighted by atomic mass is 9.80. The lowest BCUT2D eigenvalue weighted by Gasteiger charge is -2.24. The number of hydrogen-bond donors (Lipinski definition) is 0. The quantitative estimate of drug-likeness (QED) is 0.651. The normalized spacial score (nSPS) is 13.4. The average molecular weight is 260 g/mol. The van der Waals surface area contributed by atoms with E-state index >= 15 is 0 Å². The highest BCUT2D eigenvalue weighted by molar-refractivity contribution is 5.65. The van der Waals surface area contributed by atoms with E-state index < -0.39 is 0 Å². The lowest BCUT2D eigenvalue weighted by Crippen LogP contribution is -2.10. The van der Waals surface area contributed by atoms with Gasteiger partial charge >= 0.3 is 0 Å². The zero-order chi connectivity index (χ0) is 14.7. The Hall–Kier alpha value is -1.11. The van der Waals surface area contributed by atoms with E-state index in [-0.39, 0.29) is 5.92 Å². The predicted molar refractivity (Wildman–Crippen MR) is 83.2 cm³/mol. The van der Waals surface area contributed by atoms with Gasteiger partial charge in [-0.15, -0.1) is 0 Å². The van der Waals surface area contributed by atoms with Crippen LogP contribution in [-0.2, 0) is 4.79 Å². The van der Waals surface area contributed by atoms with Crippen molar-refractivity contribution in [2.24, 2.45) is 0 Å². The van der Waals surface area contributed by atoms with Gasteiger partial charge in [-0.2, -0.15) is 0 Å². The molecule has 0 radical (unpaired) electrons. The molecule has 0 saturated heterocycles. The monoisotopic (exact) mass is 260 g/mol. The van der Waals surface area contributed by atoms with E-state index in [0.717, 1.165) is 6.29 Å². The molecule has 0 saturated carbocycles. The van der Waals surface area contributed by atoms with Gasteiger partial charge in [0, 0.05) is 5.92 Å². The summed E-state index contributed by atoms with van der Waals surface area (Å²) >= 11 is 0. The SMILES string of the molecule is CC(C)c1cc(C(C)C)c(C(C)C=O)c(C(C)C)c1. The van der Waals surface area contributed by atoms with Crippen molar-refractivity contribution in [2.75, 3.05) is 0 Å².